The Hall–Kier alpha value is -0.610. The van der Waals surface area contributed by atoms with Gasteiger partial charge in [-0.2, -0.15) is 0 Å². The number of aliphatic hydroxyl groups excluding tert-OH is 1. The highest BCUT2D eigenvalue weighted by Crippen LogP contribution is 2.08. The van der Waals surface area contributed by atoms with Gasteiger partial charge in [0, 0.05) is 12.5 Å². The van der Waals surface area contributed by atoms with Crippen LogP contribution in [0.2, 0.25) is 0 Å². The van der Waals surface area contributed by atoms with Crippen molar-refractivity contribution in [3.63, 3.8) is 0 Å². The van der Waals surface area contributed by atoms with Crippen molar-refractivity contribution in [2.75, 3.05) is 6.61 Å². The van der Waals surface area contributed by atoms with Gasteiger partial charge in [-0.25, -0.2) is 0 Å². The van der Waals surface area contributed by atoms with Gasteiger partial charge in [-0.1, -0.05) is 13.8 Å². The third-order valence-corrected chi connectivity index (χ3v) is 1.72. The number of carboxylic acids is 1. The zero-order chi connectivity index (χ0) is 10.2. The van der Waals surface area contributed by atoms with E-state index in [-0.39, 0.29) is 12.1 Å². The minimum absolute atomic E-state index is 0.0972. The van der Waals surface area contributed by atoms with Gasteiger partial charge < -0.3 is 15.9 Å². The third kappa shape index (κ3) is 9.39. The number of aliphatic carboxylic acids is 1. The molecule has 0 aliphatic heterocycles. The van der Waals surface area contributed by atoms with Gasteiger partial charge in [0.15, 0.2) is 0 Å². The van der Waals surface area contributed by atoms with Crippen molar-refractivity contribution >= 4 is 5.97 Å². The molecule has 0 aromatic heterocycles. The molecule has 0 spiro atoms. The number of nitrogens with two attached hydrogens (primary N) is 1. The molecule has 74 valence electrons. The van der Waals surface area contributed by atoms with Crippen LogP contribution >= 0.6 is 0 Å². The van der Waals surface area contributed by atoms with E-state index in [0.717, 1.165) is 19.8 Å². The zero-order valence-corrected chi connectivity index (χ0v) is 8.00. The Balaban J connectivity index is 0. The van der Waals surface area contributed by atoms with Gasteiger partial charge in [-0.15, -0.1) is 0 Å². The first-order chi connectivity index (χ1) is 5.41. The molecule has 0 saturated carbocycles. The molecule has 0 amide bonds. The van der Waals surface area contributed by atoms with E-state index in [2.05, 4.69) is 0 Å². The molecule has 0 bridgehead atoms. The average Bonchev–Trinajstić information content (AvgIpc) is 2.02. The number of aliphatic hydroxyl groups is 1. The fourth-order valence-electron chi connectivity index (χ4n) is 0.474. The first-order valence-corrected chi connectivity index (χ1v) is 4.01. The van der Waals surface area contributed by atoms with Crippen LogP contribution in [0.5, 0.6) is 0 Å². The first kappa shape index (κ1) is 13.9. The maximum atomic E-state index is 9.00. The highest BCUT2D eigenvalue weighted by Gasteiger charge is 2.17. The van der Waals surface area contributed by atoms with Gasteiger partial charge in [-0.05, 0) is 12.8 Å². The molecule has 0 unspecified atom stereocenters. The predicted octanol–water partition coefficient (Wildman–Crippen LogP) is 0.587. The van der Waals surface area contributed by atoms with Crippen LogP contribution in [0.1, 0.15) is 33.6 Å². The molecule has 0 atom stereocenters. The van der Waals surface area contributed by atoms with Crippen molar-refractivity contribution in [3.8, 4) is 0 Å². The van der Waals surface area contributed by atoms with Crippen LogP contribution in [0.4, 0.5) is 0 Å². The van der Waals surface area contributed by atoms with Crippen LogP contribution in [0, 0.1) is 0 Å². The second-order valence-corrected chi connectivity index (χ2v) is 2.75. The van der Waals surface area contributed by atoms with Gasteiger partial charge >= 0.3 is 0 Å². The smallest absolute Gasteiger partial charge is 0.300 e. The summed E-state index contributed by atoms with van der Waals surface area (Å²) in [5.41, 5.74) is 5.33. The van der Waals surface area contributed by atoms with E-state index in [1.807, 2.05) is 13.8 Å². The van der Waals surface area contributed by atoms with Crippen molar-refractivity contribution in [2.45, 2.75) is 39.2 Å². The Morgan fingerprint density at radius 1 is 1.42 bits per heavy atom. The molecule has 0 heterocycles. The van der Waals surface area contributed by atoms with Gasteiger partial charge in [0.25, 0.3) is 5.97 Å². The second kappa shape index (κ2) is 7.06. The minimum Gasteiger partial charge on any atom is -0.481 e. The topological polar surface area (TPSA) is 83.5 Å². The van der Waals surface area contributed by atoms with Gasteiger partial charge in [0.2, 0.25) is 0 Å². The maximum Gasteiger partial charge on any atom is 0.300 e. The van der Waals surface area contributed by atoms with Crippen molar-refractivity contribution in [1.29, 1.82) is 0 Å². The first-order valence-electron chi connectivity index (χ1n) is 4.01. The standard InChI is InChI=1S/C6H15NO.C2H4O2/c1-3-6(7,4-2)5-8;1-2(3)4/h8H,3-5,7H2,1-2H3;1H3,(H,3,4). The Morgan fingerprint density at radius 2 is 1.67 bits per heavy atom. The summed E-state index contributed by atoms with van der Waals surface area (Å²) in [7, 11) is 0. The van der Waals surface area contributed by atoms with E-state index >= 15 is 0 Å². The fourth-order valence-corrected chi connectivity index (χ4v) is 0.474. The Labute approximate surface area is 73.4 Å². The summed E-state index contributed by atoms with van der Waals surface area (Å²) in [5, 5.41) is 16.1. The largest absolute Gasteiger partial charge is 0.481 e. The normalized spacial score (nSPS) is 10.1. The van der Waals surface area contributed by atoms with E-state index in [9.17, 15) is 0 Å². The molecule has 12 heavy (non-hydrogen) atoms. The van der Waals surface area contributed by atoms with Crippen LogP contribution in [0.3, 0.4) is 0 Å². The number of carboxylic acid groups (broad SMARTS) is 1. The van der Waals surface area contributed by atoms with E-state index in [0.29, 0.717) is 0 Å². The summed E-state index contributed by atoms with van der Waals surface area (Å²) in [6.45, 7) is 5.15. The number of carbonyl (C=O) groups is 1. The molecule has 0 aromatic rings. The van der Waals surface area contributed by atoms with Crippen LogP contribution in [0.25, 0.3) is 0 Å². The van der Waals surface area contributed by atoms with E-state index < -0.39 is 5.97 Å². The summed E-state index contributed by atoms with van der Waals surface area (Å²) in [6.07, 6.45) is 1.69. The molecule has 0 aliphatic carbocycles. The van der Waals surface area contributed by atoms with Crippen LogP contribution in [0.15, 0.2) is 0 Å². The maximum absolute atomic E-state index is 9.00. The zero-order valence-electron chi connectivity index (χ0n) is 8.00. The van der Waals surface area contributed by atoms with Crippen molar-refractivity contribution in [3.05, 3.63) is 0 Å². The second-order valence-electron chi connectivity index (χ2n) is 2.75. The molecule has 0 radical (unpaired) electrons. The lowest BCUT2D eigenvalue weighted by Gasteiger charge is -2.22. The molecule has 4 N–H and O–H groups in total. The molecule has 0 aromatic carbocycles. The Kier molecular flexibility index (Phi) is 8.21. The lowest BCUT2D eigenvalue weighted by atomic mass is 9.96. The van der Waals surface area contributed by atoms with Crippen LogP contribution in [-0.2, 0) is 4.79 Å². The van der Waals surface area contributed by atoms with E-state index in [4.69, 9.17) is 20.7 Å². The summed E-state index contributed by atoms with van der Waals surface area (Å²) >= 11 is 0. The summed E-state index contributed by atoms with van der Waals surface area (Å²) in [4.78, 5) is 9.00. The van der Waals surface area contributed by atoms with Crippen molar-refractivity contribution < 1.29 is 15.0 Å². The molecular weight excluding hydrogens is 158 g/mol. The van der Waals surface area contributed by atoms with Gasteiger partial charge in [-0.3, -0.25) is 4.79 Å². The number of hydrogen-bond acceptors (Lipinski definition) is 3. The Morgan fingerprint density at radius 3 is 1.67 bits per heavy atom. The summed E-state index contributed by atoms with van der Waals surface area (Å²) in [5.74, 6) is -0.833. The quantitative estimate of drug-likeness (QED) is 0.589. The van der Waals surface area contributed by atoms with E-state index in [1.54, 1.807) is 0 Å². The van der Waals surface area contributed by atoms with Gasteiger partial charge in [0.1, 0.15) is 0 Å². The highest BCUT2D eigenvalue weighted by atomic mass is 16.4. The molecule has 0 saturated heterocycles. The lowest BCUT2D eigenvalue weighted by Crippen LogP contribution is -2.42. The molecular formula is C8H19NO3. The van der Waals surface area contributed by atoms with Crippen LogP contribution in [-0.4, -0.2) is 28.3 Å². The van der Waals surface area contributed by atoms with E-state index in [1.165, 1.54) is 0 Å². The third-order valence-electron chi connectivity index (χ3n) is 1.72. The van der Waals surface area contributed by atoms with Crippen LogP contribution < -0.4 is 5.73 Å². The van der Waals surface area contributed by atoms with Crippen molar-refractivity contribution in [1.82, 2.24) is 0 Å². The molecule has 0 rings (SSSR count). The monoisotopic (exact) mass is 177 g/mol. The molecule has 4 nitrogen and oxygen atoms in total. The average molecular weight is 177 g/mol. The lowest BCUT2D eigenvalue weighted by molar-refractivity contribution is -0.134. The number of rotatable bonds is 3. The minimum atomic E-state index is -0.833. The highest BCUT2D eigenvalue weighted by molar-refractivity contribution is 5.62. The molecule has 0 aliphatic rings. The van der Waals surface area contributed by atoms with Gasteiger partial charge in [0.05, 0.1) is 6.61 Å². The molecule has 0 fully saturated rings. The summed E-state index contributed by atoms with van der Waals surface area (Å²) < 4.78 is 0. The summed E-state index contributed by atoms with van der Waals surface area (Å²) in [6, 6.07) is 0. The van der Waals surface area contributed by atoms with Crippen molar-refractivity contribution in [2.24, 2.45) is 5.73 Å². The SMILES string of the molecule is CC(=O)O.CCC(N)(CC)CO. The number of hydrogen-bond donors (Lipinski definition) is 3. The Bertz CT molecular complexity index is 109. The fraction of sp³-hybridized carbons (Fsp3) is 0.875. The molecule has 4 heteroatoms. The predicted molar refractivity (Wildman–Crippen MR) is 47.9 cm³/mol.